The molecule has 0 radical (unpaired) electrons. The molecule has 7 aromatic rings. The zero-order valence-corrected chi connectivity index (χ0v) is 28.7. The first-order valence-corrected chi connectivity index (χ1v) is 17.8. The van der Waals surface area contributed by atoms with Gasteiger partial charge in [-0.3, -0.25) is 0 Å². The Bertz CT molecular complexity index is 2140. The van der Waals surface area contributed by atoms with E-state index in [1.165, 1.54) is 90.2 Å². The molecule has 0 nitrogen and oxygen atoms in total. The lowest BCUT2D eigenvalue weighted by Crippen LogP contribution is -2.52. The average molecular weight is 607 g/mol. The van der Waals surface area contributed by atoms with Crippen molar-refractivity contribution in [1.29, 1.82) is 0 Å². The molecule has 0 atom stereocenters. The van der Waals surface area contributed by atoms with Gasteiger partial charge in [-0.05, 0) is 106 Å². The molecular weight excluding hydrogens is 567 g/mol. The second-order valence-electron chi connectivity index (χ2n) is 14.1. The van der Waals surface area contributed by atoms with Crippen molar-refractivity contribution < 1.29 is 0 Å². The molecule has 8 rings (SSSR count). The lowest BCUT2D eigenvalue weighted by Gasteiger charge is -2.26. The summed E-state index contributed by atoms with van der Waals surface area (Å²) in [4.78, 5) is 0. The van der Waals surface area contributed by atoms with E-state index in [9.17, 15) is 0 Å². The van der Waals surface area contributed by atoms with E-state index in [1.807, 2.05) is 22.7 Å². The van der Waals surface area contributed by atoms with Gasteiger partial charge in [-0.2, -0.15) is 0 Å². The fraction of sp³-hybridized carbons (Fsp3) is 0.268. The van der Waals surface area contributed by atoms with E-state index in [1.54, 1.807) is 5.46 Å². The summed E-state index contributed by atoms with van der Waals surface area (Å²) in [5.74, 6) is 1.38. The van der Waals surface area contributed by atoms with Crippen molar-refractivity contribution in [2.75, 3.05) is 0 Å². The van der Waals surface area contributed by atoms with E-state index in [4.69, 9.17) is 0 Å². The summed E-state index contributed by atoms with van der Waals surface area (Å²) in [5, 5.41) is 5.58. The maximum absolute atomic E-state index is 2.57. The fourth-order valence-corrected chi connectivity index (χ4v) is 10.1. The van der Waals surface area contributed by atoms with Crippen LogP contribution in [0.5, 0.6) is 0 Å². The molecule has 3 heteroatoms. The van der Waals surface area contributed by atoms with Crippen molar-refractivity contribution in [1.82, 2.24) is 0 Å². The second-order valence-corrected chi connectivity index (χ2v) is 16.3. The molecular formula is C41H39BS2. The van der Waals surface area contributed by atoms with Gasteiger partial charge in [-0.25, -0.2) is 0 Å². The highest BCUT2D eigenvalue weighted by Gasteiger charge is 2.38. The summed E-state index contributed by atoms with van der Waals surface area (Å²) in [5.41, 5.74) is 14.5. The highest BCUT2D eigenvalue weighted by Crippen LogP contribution is 2.41. The molecule has 218 valence electrons. The molecule has 5 aromatic carbocycles. The number of hydrogen-bond acceptors (Lipinski definition) is 2. The minimum atomic E-state index is 0.214. The summed E-state index contributed by atoms with van der Waals surface area (Å²) in [7, 11) is 0. The predicted molar refractivity (Wildman–Crippen MR) is 200 cm³/mol. The van der Waals surface area contributed by atoms with Crippen LogP contribution in [-0.4, -0.2) is 6.71 Å². The third kappa shape index (κ3) is 4.16. The zero-order chi connectivity index (χ0) is 30.6. The average Bonchev–Trinajstić information content (AvgIpc) is 3.61. The van der Waals surface area contributed by atoms with Gasteiger partial charge in [-0.1, -0.05) is 106 Å². The Kier molecular flexibility index (Phi) is 6.42. The third-order valence-electron chi connectivity index (χ3n) is 9.98. The van der Waals surface area contributed by atoms with Crippen LogP contribution in [0.4, 0.5) is 0 Å². The van der Waals surface area contributed by atoms with Gasteiger partial charge in [0.2, 0.25) is 6.71 Å². The lowest BCUT2D eigenvalue weighted by molar-refractivity contribution is 0.812. The highest BCUT2D eigenvalue weighted by molar-refractivity contribution is 7.26. The Balaban J connectivity index is 1.51. The lowest BCUT2D eigenvalue weighted by atomic mass is 9.36. The number of benzene rings is 5. The van der Waals surface area contributed by atoms with Gasteiger partial charge >= 0.3 is 0 Å². The topological polar surface area (TPSA) is 0 Å². The van der Waals surface area contributed by atoms with Crippen molar-refractivity contribution in [2.24, 2.45) is 0 Å². The molecule has 3 heterocycles. The first kappa shape index (κ1) is 28.1. The van der Waals surface area contributed by atoms with Gasteiger partial charge in [0.05, 0.1) is 0 Å². The highest BCUT2D eigenvalue weighted by atomic mass is 32.1. The number of rotatable bonds is 4. The van der Waals surface area contributed by atoms with E-state index in [2.05, 4.69) is 128 Å². The maximum Gasteiger partial charge on any atom is 0.243 e. The first-order valence-electron chi connectivity index (χ1n) is 16.2. The van der Waals surface area contributed by atoms with Crippen LogP contribution in [0, 0.1) is 13.8 Å². The summed E-state index contributed by atoms with van der Waals surface area (Å²) in [6, 6.07) is 29.2. The van der Waals surface area contributed by atoms with E-state index in [0.717, 1.165) is 0 Å². The Morgan fingerprint density at radius 3 is 1.32 bits per heavy atom. The number of thiophene rings is 2. The number of aryl methyl sites for hydroxylation is 2. The number of hydrogen-bond donors (Lipinski definition) is 0. The molecule has 0 fully saturated rings. The molecule has 0 saturated heterocycles. The normalized spacial score (nSPS) is 13.1. The summed E-state index contributed by atoms with van der Waals surface area (Å²) in [6.07, 6.45) is 0. The molecule has 0 spiro atoms. The molecule has 44 heavy (non-hydrogen) atoms. The molecule has 0 amide bonds. The van der Waals surface area contributed by atoms with Gasteiger partial charge in [0.25, 0.3) is 0 Å². The van der Waals surface area contributed by atoms with Crippen molar-refractivity contribution in [3.63, 3.8) is 0 Å². The first-order chi connectivity index (χ1) is 21.1. The van der Waals surface area contributed by atoms with Crippen LogP contribution in [0.15, 0.2) is 72.8 Å². The predicted octanol–water partition coefficient (Wildman–Crippen LogP) is 10.9. The summed E-state index contributed by atoms with van der Waals surface area (Å²) < 4.78 is 5.57. The molecule has 0 saturated carbocycles. The zero-order valence-electron chi connectivity index (χ0n) is 27.1. The number of fused-ring (bicyclic) bond motifs is 9. The van der Waals surface area contributed by atoms with Crippen LogP contribution in [0.2, 0.25) is 0 Å². The Labute approximate surface area is 269 Å². The van der Waals surface area contributed by atoms with Gasteiger partial charge in [-0.15, -0.1) is 22.7 Å². The molecule has 0 bridgehead atoms. The van der Waals surface area contributed by atoms with E-state index >= 15 is 0 Å². The summed E-state index contributed by atoms with van der Waals surface area (Å²) in [6.45, 7) is 18.8. The van der Waals surface area contributed by atoms with Crippen LogP contribution >= 0.6 is 22.7 Å². The molecule has 0 aliphatic carbocycles. The van der Waals surface area contributed by atoms with E-state index < -0.39 is 0 Å². The van der Waals surface area contributed by atoms with Gasteiger partial charge < -0.3 is 0 Å². The Hall–Kier alpha value is -3.40. The van der Waals surface area contributed by atoms with Gasteiger partial charge in [0, 0.05) is 29.6 Å². The van der Waals surface area contributed by atoms with Gasteiger partial charge in [0.1, 0.15) is 0 Å². The van der Waals surface area contributed by atoms with Gasteiger partial charge in [0.15, 0.2) is 0 Å². The minimum Gasteiger partial charge on any atom is -0.135 e. The van der Waals surface area contributed by atoms with Crippen LogP contribution in [0.25, 0.3) is 51.5 Å². The van der Waals surface area contributed by atoms with E-state index in [-0.39, 0.29) is 6.71 Å². The third-order valence-corrected chi connectivity index (χ3v) is 12.2. The molecule has 2 aromatic heterocycles. The quantitative estimate of drug-likeness (QED) is 0.175. The standard InChI is InChI=1S/C41H39BS2/c1-21(2)26-15-29(22(3)4)41(30(16-26)23(5)6)42-35-17-33-27-11-9-24(7)13-37(27)43-39(33)19-31(35)32-20-40-34(18-36(32)42)28-12-10-25(8)14-38(28)44-40/h9-23H,1-8H3. The van der Waals surface area contributed by atoms with Crippen molar-refractivity contribution in [2.45, 2.75) is 73.1 Å². The summed E-state index contributed by atoms with van der Waals surface area (Å²) >= 11 is 3.89. The van der Waals surface area contributed by atoms with Crippen molar-refractivity contribution in [3.05, 3.63) is 101 Å². The largest absolute Gasteiger partial charge is 0.243 e. The van der Waals surface area contributed by atoms with Crippen molar-refractivity contribution >= 4 is 86.1 Å². The van der Waals surface area contributed by atoms with E-state index in [0.29, 0.717) is 17.8 Å². The monoisotopic (exact) mass is 606 g/mol. The Morgan fingerprint density at radius 1 is 0.477 bits per heavy atom. The molecule has 1 aliphatic heterocycles. The second kappa shape index (κ2) is 10.1. The van der Waals surface area contributed by atoms with Crippen LogP contribution in [-0.2, 0) is 0 Å². The molecule has 0 N–H and O–H groups in total. The smallest absolute Gasteiger partial charge is 0.135 e. The minimum absolute atomic E-state index is 0.214. The fourth-order valence-electron chi connectivity index (χ4n) is 7.66. The van der Waals surface area contributed by atoms with Crippen LogP contribution < -0.4 is 16.4 Å². The maximum atomic E-state index is 2.57. The van der Waals surface area contributed by atoms with Crippen LogP contribution in [0.3, 0.4) is 0 Å². The van der Waals surface area contributed by atoms with Crippen molar-refractivity contribution in [3.8, 4) is 11.1 Å². The van der Waals surface area contributed by atoms with Crippen LogP contribution in [0.1, 0.15) is 87.1 Å². The SMILES string of the molecule is Cc1ccc2c(c1)sc1cc3c(cc12)B(c1c(C(C)C)cc(C(C)C)cc1C(C)C)c1cc2c(cc1-3)sc1cc(C)ccc12. The Morgan fingerprint density at radius 2 is 0.909 bits per heavy atom. The molecule has 1 aliphatic rings. The molecule has 0 unspecified atom stereocenters.